The standard InChI is InChI=1S/C13H25N/c1-10(2)8-6-7-9-13(11(3)4)12(5)14/h6-7,9-12H,8,14H2,1-5H3/b7-6-,13-9-. The first kappa shape index (κ1) is 13.4. The summed E-state index contributed by atoms with van der Waals surface area (Å²) in [5.41, 5.74) is 7.20. The van der Waals surface area contributed by atoms with Crippen LogP contribution < -0.4 is 5.73 Å². The number of nitrogens with two attached hydrogens (primary N) is 1. The van der Waals surface area contributed by atoms with Crippen LogP contribution in [0, 0.1) is 11.8 Å². The van der Waals surface area contributed by atoms with E-state index in [0.29, 0.717) is 5.92 Å². The SMILES string of the molecule is CC(C)C/C=C\C=C(\C(C)C)C(C)N. The Balaban J connectivity index is 4.23. The third kappa shape index (κ3) is 5.98. The minimum Gasteiger partial charge on any atom is -0.324 e. The van der Waals surface area contributed by atoms with Crippen molar-refractivity contribution >= 4 is 0 Å². The van der Waals surface area contributed by atoms with Crippen molar-refractivity contribution in [2.24, 2.45) is 17.6 Å². The lowest BCUT2D eigenvalue weighted by atomic mass is 9.97. The predicted molar refractivity (Wildman–Crippen MR) is 65.2 cm³/mol. The molecule has 0 aliphatic heterocycles. The average Bonchev–Trinajstić information content (AvgIpc) is 2.01. The Morgan fingerprint density at radius 2 is 1.71 bits per heavy atom. The van der Waals surface area contributed by atoms with Crippen LogP contribution >= 0.6 is 0 Å². The quantitative estimate of drug-likeness (QED) is 0.667. The first-order chi connectivity index (χ1) is 6.45. The second kappa shape index (κ2) is 6.83. The van der Waals surface area contributed by atoms with E-state index in [9.17, 15) is 0 Å². The fraction of sp³-hybridized carbons (Fsp3) is 0.692. The molecule has 0 aliphatic rings. The lowest BCUT2D eigenvalue weighted by Crippen LogP contribution is -2.21. The van der Waals surface area contributed by atoms with E-state index in [1.165, 1.54) is 5.57 Å². The Labute approximate surface area is 89.1 Å². The Kier molecular flexibility index (Phi) is 6.56. The minimum absolute atomic E-state index is 0.165. The normalized spacial score (nSPS) is 15.9. The van der Waals surface area contributed by atoms with Crippen molar-refractivity contribution in [1.82, 2.24) is 0 Å². The van der Waals surface area contributed by atoms with Gasteiger partial charge in [0.05, 0.1) is 0 Å². The second-order valence-electron chi connectivity index (χ2n) is 4.67. The maximum atomic E-state index is 5.88. The van der Waals surface area contributed by atoms with Crippen molar-refractivity contribution in [3.8, 4) is 0 Å². The fourth-order valence-corrected chi connectivity index (χ4v) is 1.40. The van der Waals surface area contributed by atoms with Gasteiger partial charge in [-0.25, -0.2) is 0 Å². The van der Waals surface area contributed by atoms with Gasteiger partial charge in [-0.15, -0.1) is 0 Å². The molecule has 0 heterocycles. The Bertz CT molecular complexity index is 187. The van der Waals surface area contributed by atoms with E-state index in [0.717, 1.165) is 12.3 Å². The molecule has 0 aliphatic carbocycles. The summed E-state index contributed by atoms with van der Waals surface area (Å²) < 4.78 is 0. The van der Waals surface area contributed by atoms with E-state index in [2.05, 4.69) is 45.9 Å². The zero-order valence-electron chi connectivity index (χ0n) is 10.2. The molecule has 0 amide bonds. The van der Waals surface area contributed by atoms with Gasteiger partial charge in [-0.05, 0) is 25.2 Å². The molecule has 0 fully saturated rings. The van der Waals surface area contributed by atoms with Gasteiger partial charge in [-0.3, -0.25) is 0 Å². The molecule has 1 nitrogen and oxygen atoms in total. The van der Waals surface area contributed by atoms with Gasteiger partial charge < -0.3 is 5.73 Å². The van der Waals surface area contributed by atoms with Gasteiger partial charge >= 0.3 is 0 Å². The molecule has 0 aromatic heterocycles. The molecular weight excluding hydrogens is 170 g/mol. The summed E-state index contributed by atoms with van der Waals surface area (Å²) in [7, 11) is 0. The number of allylic oxidation sites excluding steroid dienone is 3. The summed E-state index contributed by atoms with van der Waals surface area (Å²) in [6.07, 6.45) is 7.66. The summed E-state index contributed by atoms with van der Waals surface area (Å²) in [4.78, 5) is 0. The molecule has 0 bridgehead atoms. The first-order valence-electron chi connectivity index (χ1n) is 5.57. The summed E-state index contributed by atoms with van der Waals surface area (Å²) in [6.45, 7) is 10.9. The predicted octanol–water partition coefficient (Wildman–Crippen LogP) is 3.52. The minimum atomic E-state index is 0.165. The van der Waals surface area contributed by atoms with E-state index in [-0.39, 0.29) is 6.04 Å². The molecule has 0 saturated heterocycles. The van der Waals surface area contributed by atoms with Crippen molar-refractivity contribution in [3.63, 3.8) is 0 Å². The molecule has 1 unspecified atom stereocenters. The van der Waals surface area contributed by atoms with Crippen LogP contribution in [0.5, 0.6) is 0 Å². The molecule has 0 spiro atoms. The van der Waals surface area contributed by atoms with Crippen LogP contribution in [0.2, 0.25) is 0 Å². The van der Waals surface area contributed by atoms with Gasteiger partial charge in [-0.1, -0.05) is 51.5 Å². The molecule has 82 valence electrons. The highest BCUT2D eigenvalue weighted by atomic mass is 14.6. The van der Waals surface area contributed by atoms with Gasteiger partial charge in [0.25, 0.3) is 0 Å². The largest absolute Gasteiger partial charge is 0.324 e. The molecule has 0 aromatic rings. The number of hydrogen-bond donors (Lipinski definition) is 1. The monoisotopic (exact) mass is 195 g/mol. The third-order valence-electron chi connectivity index (χ3n) is 2.22. The maximum absolute atomic E-state index is 5.88. The lowest BCUT2D eigenvalue weighted by Gasteiger charge is -2.14. The highest BCUT2D eigenvalue weighted by Crippen LogP contribution is 2.12. The number of hydrogen-bond acceptors (Lipinski definition) is 1. The van der Waals surface area contributed by atoms with Gasteiger partial charge in [0, 0.05) is 6.04 Å². The van der Waals surface area contributed by atoms with Crippen LogP contribution in [0.15, 0.2) is 23.8 Å². The van der Waals surface area contributed by atoms with E-state index < -0.39 is 0 Å². The van der Waals surface area contributed by atoms with Crippen molar-refractivity contribution in [1.29, 1.82) is 0 Å². The van der Waals surface area contributed by atoms with Gasteiger partial charge in [-0.2, -0.15) is 0 Å². The Morgan fingerprint density at radius 1 is 1.14 bits per heavy atom. The van der Waals surface area contributed by atoms with Crippen LogP contribution in [-0.4, -0.2) is 6.04 Å². The molecule has 0 rings (SSSR count). The highest BCUT2D eigenvalue weighted by molar-refractivity contribution is 5.18. The first-order valence-corrected chi connectivity index (χ1v) is 5.57. The summed E-state index contributed by atoms with van der Waals surface area (Å²) in [6, 6.07) is 0.165. The summed E-state index contributed by atoms with van der Waals surface area (Å²) >= 11 is 0. The lowest BCUT2D eigenvalue weighted by molar-refractivity contribution is 0.662. The van der Waals surface area contributed by atoms with Crippen molar-refractivity contribution in [3.05, 3.63) is 23.8 Å². The second-order valence-corrected chi connectivity index (χ2v) is 4.67. The third-order valence-corrected chi connectivity index (χ3v) is 2.22. The van der Waals surface area contributed by atoms with E-state index in [4.69, 9.17) is 5.73 Å². The smallest absolute Gasteiger partial charge is 0.0230 e. The summed E-state index contributed by atoms with van der Waals surface area (Å²) in [5.74, 6) is 1.27. The van der Waals surface area contributed by atoms with Crippen molar-refractivity contribution in [2.75, 3.05) is 0 Å². The molecule has 0 radical (unpaired) electrons. The van der Waals surface area contributed by atoms with Gasteiger partial charge in [0.2, 0.25) is 0 Å². The maximum Gasteiger partial charge on any atom is 0.0230 e. The van der Waals surface area contributed by atoms with Crippen molar-refractivity contribution in [2.45, 2.75) is 47.1 Å². The molecule has 0 aromatic carbocycles. The van der Waals surface area contributed by atoms with Crippen molar-refractivity contribution < 1.29 is 0 Å². The fourth-order valence-electron chi connectivity index (χ4n) is 1.40. The molecule has 0 saturated carbocycles. The van der Waals surface area contributed by atoms with E-state index >= 15 is 0 Å². The van der Waals surface area contributed by atoms with Crippen LogP contribution in [0.4, 0.5) is 0 Å². The van der Waals surface area contributed by atoms with Crippen LogP contribution in [-0.2, 0) is 0 Å². The highest BCUT2D eigenvalue weighted by Gasteiger charge is 2.06. The molecule has 14 heavy (non-hydrogen) atoms. The zero-order valence-corrected chi connectivity index (χ0v) is 10.2. The average molecular weight is 195 g/mol. The molecular formula is C13H25N. The van der Waals surface area contributed by atoms with Crippen LogP contribution in [0.1, 0.15) is 41.0 Å². The Morgan fingerprint density at radius 3 is 2.07 bits per heavy atom. The molecule has 1 heteroatoms. The van der Waals surface area contributed by atoms with E-state index in [1.54, 1.807) is 0 Å². The Hall–Kier alpha value is -0.560. The van der Waals surface area contributed by atoms with Crippen LogP contribution in [0.25, 0.3) is 0 Å². The van der Waals surface area contributed by atoms with Crippen LogP contribution in [0.3, 0.4) is 0 Å². The summed E-state index contributed by atoms with van der Waals surface area (Å²) in [5, 5.41) is 0. The molecule has 2 N–H and O–H groups in total. The zero-order chi connectivity index (χ0) is 11.1. The molecule has 1 atom stereocenters. The van der Waals surface area contributed by atoms with E-state index in [1.807, 2.05) is 6.92 Å². The van der Waals surface area contributed by atoms with Gasteiger partial charge in [0.1, 0.15) is 0 Å². The van der Waals surface area contributed by atoms with Gasteiger partial charge in [0.15, 0.2) is 0 Å². The topological polar surface area (TPSA) is 26.0 Å². The number of rotatable bonds is 5.